The SMILES string of the molecule is C/C(=C\C=C(/C)c1cc(-c2ccccc2)c(-c2ccccc2)cc1-c1ccccc1)c1cc(-c2ccccc2)c(C)cc1-c1ccccc1. The molecule has 0 heteroatoms. The average Bonchev–Trinajstić information content (AvgIpc) is 3.18. The van der Waals surface area contributed by atoms with Crippen LogP contribution in [-0.4, -0.2) is 0 Å². The highest BCUT2D eigenvalue weighted by Crippen LogP contribution is 2.41. The molecule has 7 aromatic carbocycles. The fraction of sp³-hybridized carbons (Fsp3) is 0.0612. The van der Waals surface area contributed by atoms with Crippen molar-refractivity contribution in [1.29, 1.82) is 0 Å². The standard InChI is InChI=1S/C49H40/c1-35(44-32-43(38-19-9-4-10-20-38)37(3)31-46(44)39-21-11-5-12-22-39)29-30-36(2)45-33-48(41-25-15-7-16-26-41)49(42-27-17-8-18-28-42)34-47(45)40-23-13-6-14-24-40/h4-34H,1-3H3/b35-29+,36-30+. The van der Waals surface area contributed by atoms with Crippen LogP contribution in [0.1, 0.15) is 30.5 Å². The van der Waals surface area contributed by atoms with Gasteiger partial charge in [0.2, 0.25) is 0 Å². The van der Waals surface area contributed by atoms with Crippen LogP contribution in [0, 0.1) is 6.92 Å². The summed E-state index contributed by atoms with van der Waals surface area (Å²) >= 11 is 0. The lowest BCUT2D eigenvalue weighted by Gasteiger charge is -2.19. The van der Waals surface area contributed by atoms with Crippen molar-refractivity contribution in [1.82, 2.24) is 0 Å². The third-order valence-electron chi connectivity index (χ3n) is 9.38. The zero-order valence-electron chi connectivity index (χ0n) is 28.4. The molecule has 7 rings (SSSR count). The Kier molecular flexibility index (Phi) is 9.30. The molecule has 0 saturated carbocycles. The van der Waals surface area contributed by atoms with E-state index < -0.39 is 0 Å². The van der Waals surface area contributed by atoms with Gasteiger partial charge in [-0.1, -0.05) is 170 Å². The zero-order valence-corrected chi connectivity index (χ0v) is 28.4. The average molecular weight is 629 g/mol. The molecule has 49 heavy (non-hydrogen) atoms. The highest BCUT2D eigenvalue weighted by Gasteiger charge is 2.16. The maximum Gasteiger partial charge on any atom is -0.00988 e. The first-order chi connectivity index (χ1) is 24.1. The van der Waals surface area contributed by atoms with Crippen molar-refractivity contribution in [2.45, 2.75) is 20.8 Å². The van der Waals surface area contributed by atoms with E-state index in [1.54, 1.807) is 0 Å². The second-order valence-electron chi connectivity index (χ2n) is 12.7. The lowest BCUT2D eigenvalue weighted by atomic mass is 9.85. The van der Waals surface area contributed by atoms with Crippen LogP contribution < -0.4 is 0 Å². The molecular weight excluding hydrogens is 589 g/mol. The first-order valence-electron chi connectivity index (χ1n) is 17.0. The Bertz CT molecular complexity index is 2240. The Morgan fingerprint density at radius 2 is 0.612 bits per heavy atom. The second-order valence-corrected chi connectivity index (χ2v) is 12.7. The molecule has 0 unspecified atom stereocenters. The Balaban J connectivity index is 1.40. The van der Waals surface area contributed by atoms with Gasteiger partial charge in [0.1, 0.15) is 0 Å². The molecule has 0 saturated heterocycles. The van der Waals surface area contributed by atoms with Crippen molar-refractivity contribution >= 4 is 11.1 Å². The summed E-state index contributed by atoms with van der Waals surface area (Å²) in [4.78, 5) is 0. The van der Waals surface area contributed by atoms with Gasteiger partial charge in [0.25, 0.3) is 0 Å². The lowest BCUT2D eigenvalue weighted by Crippen LogP contribution is -1.94. The molecule has 0 spiro atoms. The molecule has 0 heterocycles. The van der Waals surface area contributed by atoms with Crippen LogP contribution in [0.15, 0.2) is 188 Å². The monoisotopic (exact) mass is 628 g/mol. The number of allylic oxidation sites excluding steroid dienone is 4. The minimum absolute atomic E-state index is 1.21. The topological polar surface area (TPSA) is 0 Å². The largest absolute Gasteiger partial charge is 0.0622 e. The van der Waals surface area contributed by atoms with Crippen molar-refractivity contribution in [3.8, 4) is 55.6 Å². The molecule has 0 aliphatic rings. The van der Waals surface area contributed by atoms with E-state index in [2.05, 4.69) is 209 Å². The van der Waals surface area contributed by atoms with E-state index >= 15 is 0 Å². The zero-order chi connectivity index (χ0) is 33.6. The van der Waals surface area contributed by atoms with E-state index in [4.69, 9.17) is 0 Å². The van der Waals surface area contributed by atoms with E-state index in [1.165, 1.54) is 83.5 Å². The van der Waals surface area contributed by atoms with Crippen LogP contribution in [0.5, 0.6) is 0 Å². The molecule has 0 aromatic heterocycles. The molecule has 236 valence electrons. The second kappa shape index (κ2) is 14.4. The van der Waals surface area contributed by atoms with Crippen LogP contribution in [0.25, 0.3) is 66.8 Å². The highest BCUT2D eigenvalue weighted by molar-refractivity contribution is 5.94. The molecule has 0 nitrogen and oxygen atoms in total. The fourth-order valence-corrected chi connectivity index (χ4v) is 6.74. The van der Waals surface area contributed by atoms with E-state index in [9.17, 15) is 0 Å². The number of hydrogen-bond donors (Lipinski definition) is 0. The summed E-state index contributed by atoms with van der Waals surface area (Å²) in [6, 6.07) is 63.2. The first kappa shape index (κ1) is 31.6. The van der Waals surface area contributed by atoms with Gasteiger partial charge in [0.15, 0.2) is 0 Å². The van der Waals surface area contributed by atoms with Gasteiger partial charge in [-0.2, -0.15) is 0 Å². The Morgan fingerprint density at radius 3 is 1.00 bits per heavy atom. The number of rotatable bonds is 8. The quantitative estimate of drug-likeness (QED) is 0.147. The third kappa shape index (κ3) is 6.86. The van der Waals surface area contributed by atoms with Crippen LogP contribution >= 0.6 is 0 Å². The summed E-state index contributed by atoms with van der Waals surface area (Å²) < 4.78 is 0. The van der Waals surface area contributed by atoms with Crippen LogP contribution in [0.4, 0.5) is 0 Å². The Morgan fingerprint density at radius 1 is 0.327 bits per heavy atom. The van der Waals surface area contributed by atoms with Crippen molar-refractivity contribution in [3.63, 3.8) is 0 Å². The summed E-state index contributed by atoms with van der Waals surface area (Å²) in [5.41, 5.74) is 18.5. The molecule has 0 fully saturated rings. The smallest absolute Gasteiger partial charge is 0.00988 e. The lowest BCUT2D eigenvalue weighted by molar-refractivity contribution is 1.42. The molecule has 0 aliphatic carbocycles. The summed E-state index contributed by atoms with van der Waals surface area (Å²) in [6.07, 6.45) is 4.59. The third-order valence-corrected chi connectivity index (χ3v) is 9.38. The normalized spacial score (nSPS) is 11.8. The summed E-state index contributed by atoms with van der Waals surface area (Å²) in [5, 5.41) is 0. The van der Waals surface area contributed by atoms with Crippen molar-refractivity contribution < 1.29 is 0 Å². The number of aryl methyl sites for hydroxylation is 1. The van der Waals surface area contributed by atoms with Gasteiger partial charge >= 0.3 is 0 Å². The van der Waals surface area contributed by atoms with Crippen LogP contribution in [0.3, 0.4) is 0 Å². The molecule has 0 amide bonds. The van der Waals surface area contributed by atoms with Crippen LogP contribution in [-0.2, 0) is 0 Å². The number of benzene rings is 7. The van der Waals surface area contributed by atoms with Crippen molar-refractivity contribution in [2.24, 2.45) is 0 Å². The molecule has 0 aliphatic heterocycles. The van der Waals surface area contributed by atoms with E-state index in [0.29, 0.717) is 0 Å². The van der Waals surface area contributed by atoms with E-state index in [-0.39, 0.29) is 0 Å². The minimum atomic E-state index is 1.21. The van der Waals surface area contributed by atoms with Crippen LogP contribution in [0.2, 0.25) is 0 Å². The Labute approximate surface area is 291 Å². The highest BCUT2D eigenvalue weighted by atomic mass is 14.2. The molecule has 0 bridgehead atoms. The van der Waals surface area contributed by atoms with Gasteiger partial charge in [-0.15, -0.1) is 0 Å². The van der Waals surface area contributed by atoms with E-state index in [0.717, 1.165) is 0 Å². The molecular formula is C49H40. The Hall–Kier alpha value is -5.98. The summed E-state index contributed by atoms with van der Waals surface area (Å²) in [7, 11) is 0. The minimum Gasteiger partial charge on any atom is -0.0622 e. The van der Waals surface area contributed by atoms with Crippen molar-refractivity contribution in [2.75, 3.05) is 0 Å². The maximum absolute atomic E-state index is 2.39. The van der Waals surface area contributed by atoms with Crippen molar-refractivity contribution in [3.05, 3.63) is 205 Å². The molecule has 0 N–H and O–H groups in total. The number of hydrogen-bond acceptors (Lipinski definition) is 0. The van der Waals surface area contributed by atoms with Gasteiger partial charge in [-0.3, -0.25) is 0 Å². The van der Waals surface area contributed by atoms with Gasteiger partial charge in [-0.25, -0.2) is 0 Å². The van der Waals surface area contributed by atoms with Gasteiger partial charge in [0.05, 0.1) is 0 Å². The molecule has 7 aromatic rings. The fourth-order valence-electron chi connectivity index (χ4n) is 6.74. The van der Waals surface area contributed by atoms with Gasteiger partial charge in [-0.05, 0) is 122 Å². The predicted octanol–water partition coefficient (Wildman–Crippen LogP) is 13.8. The molecule has 0 atom stereocenters. The molecule has 0 radical (unpaired) electrons. The first-order valence-corrected chi connectivity index (χ1v) is 17.0. The van der Waals surface area contributed by atoms with E-state index in [1.807, 2.05) is 0 Å². The van der Waals surface area contributed by atoms with Gasteiger partial charge < -0.3 is 0 Å². The predicted molar refractivity (Wildman–Crippen MR) is 212 cm³/mol. The summed E-state index contributed by atoms with van der Waals surface area (Å²) in [5.74, 6) is 0. The van der Waals surface area contributed by atoms with Gasteiger partial charge in [0, 0.05) is 0 Å². The summed E-state index contributed by atoms with van der Waals surface area (Å²) in [6.45, 7) is 6.70. The maximum atomic E-state index is 2.39.